The fraction of sp³-hybridized carbons (Fsp3) is 0.125. The van der Waals surface area contributed by atoms with E-state index in [0.29, 0.717) is 0 Å². The van der Waals surface area contributed by atoms with Crippen LogP contribution in [0, 0.1) is 0 Å². The molecule has 0 radical (unpaired) electrons. The maximum Gasteiger partial charge on any atom is 0.118 e. The van der Waals surface area contributed by atoms with Crippen LogP contribution in [0.5, 0.6) is 5.75 Å². The second-order valence-corrected chi connectivity index (χ2v) is 4.76. The van der Waals surface area contributed by atoms with Crippen LogP contribution in [-0.4, -0.2) is 13.4 Å². The fourth-order valence-electron chi connectivity index (χ4n) is 1.62. The van der Waals surface area contributed by atoms with Crippen LogP contribution in [0.4, 0.5) is 0 Å². The van der Waals surface area contributed by atoms with Crippen LogP contribution < -0.4 is 4.74 Å². The van der Waals surface area contributed by atoms with Gasteiger partial charge in [-0.2, -0.15) is 0 Å². The Labute approximate surface area is 112 Å². The van der Waals surface area contributed by atoms with Crippen LogP contribution in [0.25, 0.3) is 12.2 Å². The first-order valence-electron chi connectivity index (χ1n) is 5.78. The molecule has 0 unspecified atom stereocenters. The summed E-state index contributed by atoms with van der Waals surface area (Å²) in [6.45, 7) is 0. The lowest BCUT2D eigenvalue weighted by atomic mass is 10.1. The molecule has 0 fully saturated rings. The fourth-order valence-corrected chi connectivity index (χ4v) is 2.03. The molecule has 0 aliphatic rings. The molecule has 0 bridgehead atoms. The Hall–Kier alpha value is -1.67. The number of rotatable bonds is 4. The summed E-state index contributed by atoms with van der Waals surface area (Å²) in [5.41, 5.74) is 2.38. The molecule has 0 amide bonds. The maximum absolute atomic E-state index is 5.13. The zero-order valence-electron chi connectivity index (χ0n) is 10.6. The van der Waals surface area contributed by atoms with Crippen molar-refractivity contribution in [2.45, 2.75) is 4.90 Å². The quantitative estimate of drug-likeness (QED) is 0.584. The minimum absolute atomic E-state index is 0.886. The van der Waals surface area contributed by atoms with Gasteiger partial charge < -0.3 is 4.74 Å². The van der Waals surface area contributed by atoms with E-state index in [1.54, 1.807) is 18.9 Å². The first-order chi connectivity index (χ1) is 8.81. The van der Waals surface area contributed by atoms with E-state index in [9.17, 15) is 0 Å². The van der Waals surface area contributed by atoms with Crippen molar-refractivity contribution < 1.29 is 4.74 Å². The molecule has 0 heterocycles. The minimum atomic E-state index is 0.886. The molecule has 0 aromatic heterocycles. The first kappa shape index (κ1) is 12.8. The highest BCUT2D eigenvalue weighted by molar-refractivity contribution is 7.98. The largest absolute Gasteiger partial charge is 0.497 e. The van der Waals surface area contributed by atoms with Crippen LogP contribution in [0.15, 0.2) is 53.4 Å². The summed E-state index contributed by atoms with van der Waals surface area (Å²) < 4.78 is 5.13. The molecule has 2 rings (SSSR count). The van der Waals surface area contributed by atoms with Gasteiger partial charge in [0.25, 0.3) is 0 Å². The Balaban J connectivity index is 2.08. The van der Waals surface area contributed by atoms with Crippen molar-refractivity contribution in [1.82, 2.24) is 0 Å². The molecule has 0 aliphatic carbocycles. The second kappa shape index (κ2) is 6.31. The molecule has 2 heteroatoms. The molecule has 0 N–H and O–H groups in total. The Kier molecular flexibility index (Phi) is 4.48. The van der Waals surface area contributed by atoms with Gasteiger partial charge in [-0.25, -0.2) is 0 Å². The van der Waals surface area contributed by atoms with Crippen molar-refractivity contribution in [3.8, 4) is 5.75 Å². The highest BCUT2D eigenvalue weighted by Crippen LogP contribution is 2.17. The number of hydrogen-bond acceptors (Lipinski definition) is 2. The molecule has 0 saturated carbocycles. The third kappa shape index (κ3) is 3.41. The van der Waals surface area contributed by atoms with Gasteiger partial charge in [0.05, 0.1) is 7.11 Å². The Bertz CT molecular complexity index is 462. The van der Waals surface area contributed by atoms with Crippen LogP contribution in [0.1, 0.15) is 11.1 Å². The van der Waals surface area contributed by atoms with Crippen LogP contribution >= 0.6 is 11.8 Å². The SMILES string of the molecule is COc1ccc(/C=C/c2ccc(SC)cc2)cc1. The topological polar surface area (TPSA) is 9.23 Å². The summed E-state index contributed by atoms with van der Waals surface area (Å²) in [5.74, 6) is 0.886. The zero-order valence-corrected chi connectivity index (χ0v) is 11.4. The molecule has 18 heavy (non-hydrogen) atoms. The van der Waals surface area contributed by atoms with Crippen molar-refractivity contribution >= 4 is 23.9 Å². The molecule has 0 spiro atoms. The average Bonchev–Trinajstić information content (AvgIpc) is 2.46. The first-order valence-corrected chi connectivity index (χ1v) is 7.00. The van der Waals surface area contributed by atoms with Crippen molar-refractivity contribution in [3.05, 3.63) is 59.7 Å². The van der Waals surface area contributed by atoms with E-state index in [0.717, 1.165) is 5.75 Å². The smallest absolute Gasteiger partial charge is 0.118 e. The lowest BCUT2D eigenvalue weighted by Crippen LogP contribution is -1.81. The van der Waals surface area contributed by atoms with E-state index in [-0.39, 0.29) is 0 Å². The van der Waals surface area contributed by atoms with Crippen molar-refractivity contribution in [2.75, 3.05) is 13.4 Å². The van der Waals surface area contributed by atoms with Gasteiger partial charge in [0, 0.05) is 4.90 Å². The molecular formula is C16H16OS. The van der Waals surface area contributed by atoms with E-state index >= 15 is 0 Å². The summed E-state index contributed by atoms with van der Waals surface area (Å²) in [5, 5.41) is 0. The number of ether oxygens (including phenoxy) is 1. The number of hydrogen-bond donors (Lipinski definition) is 0. The monoisotopic (exact) mass is 256 g/mol. The van der Waals surface area contributed by atoms with Crippen LogP contribution in [0.2, 0.25) is 0 Å². The molecule has 0 aliphatic heterocycles. The van der Waals surface area contributed by atoms with Gasteiger partial charge >= 0.3 is 0 Å². The highest BCUT2D eigenvalue weighted by Gasteiger charge is 1.92. The summed E-state index contributed by atoms with van der Waals surface area (Å²) in [4.78, 5) is 1.29. The minimum Gasteiger partial charge on any atom is -0.497 e. The van der Waals surface area contributed by atoms with E-state index in [1.165, 1.54) is 16.0 Å². The van der Waals surface area contributed by atoms with Gasteiger partial charge in [0.2, 0.25) is 0 Å². The predicted molar refractivity (Wildman–Crippen MR) is 80.1 cm³/mol. The highest BCUT2D eigenvalue weighted by atomic mass is 32.2. The number of methoxy groups -OCH3 is 1. The normalized spacial score (nSPS) is 10.8. The lowest BCUT2D eigenvalue weighted by Gasteiger charge is -2.00. The van der Waals surface area contributed by atoms with Crippen molar-refractivity contribution in [2.24, 2.45) is 0 Å². The van der Waals surface area contributed by atoms with E-state index < -0.39 is 0 Å². The van der Waals surface area contributed by atoms with Gasteiger partial charge in [-0.15, -0.1) is 11.8 Å². The van der Waals surface area contributed by atoms with Crippen molar-refractivity contribution in [3.63, 3.8) is 0 Å². The lowest BCUT2D eigenvalue weighted by molar-refractivity contribution is 0.415. The van der Waals surface area contributed by atoms with E-state index in [1.807, 2.05) is 24.3 Å². The van der Waals surface area contributed by atoms with E-state index in [4.69, 9.17) is 4.74 Å². The van der Waals surface area contributed by atoms with E-state index in [2.05, 4.69) is 42.7 Å². The van der Waals surface area contributed by atoms with Gasteiger partial charge in [-0.1, -0.05) is 36.4 Å². The standard InChI is InChI=1S/C16H16OS/c1-17-15-9-5-13(6-10-15)3-4-14-7-11-16(18-2)12-8-14/h3-12H,1-2H3/b4-3+. The molecule has 0 atom stereocenters. The Morgan fingerprint density at radius 2 is 1.33 bits per heavy atom. The third-order valence-electron chi connectivity index (χ3n) is 2.70. The van der Waals surface area contributed by atoms with Crippen molar-refractivity contribution in [1.29, 1.82) is 0 Å². The summed E-state index contributed by atoms with van der Waals surface area (Å²) in [7, 11) is 1.68. The number of benzene rings is 2. The molecule has 0 saturated heterocycles. The molecule has 1 nitrogen and oxygen atoms in total. The summed E-state index contributed by atoms with van der Waals surface area (Å²) >= 11 is 1.76. The predicted octanol–water partition coefficient (Wildman–Crippen LogP) is 4.59. The third-order valence-corrected chi connectivity index (χ3v) is 3.44. The summed E-state index contributed by atoms with van der Waals surface area (Å²) in [6, 6.07) is 16.6. The maximum atomic E-state index is 5.13. The van der Waals surface area contributed by atoms with Gasteiger partial charge in [0.1, 0.15) is 5.75 Å². The Morgan fingerprint density at radius 3 is 1.78 bits per heavy atom. The van der Waals surface area contributed by atoms with Gasteiger partial charge in [-0.05, 0) is 41.6 Å². The summed E-state index contributed by atoms with van der Waals surface area (Å²) in [6.07, 6.45) is 6.31. The Morgan fingerprint density at radius 1 is 0.833 bits per heavy atom. The zero-order chi connectivity index (χ0) is 12.8. The van der Waals surface area contributed by atoms with Crippen LogP contribution in [-0.2, 0) is 0 Å². The van der Waals surface area contributed by atoms with Gasteiger partial charge in [0.15, 0.2) is 0 Å². The molecule has 2 aromatic carbocycles. The molecule has 92 valence electrons. The van der Waals surface area contributed by atoms with Crippen LogP contribution in [0.3, 0.4) is 0 Å². The molecular weight excluding hydrogens is 240 g/mol. The van der Waals surface area contributed by atoms with Gasteiger partial charge in [-0.3, -0.25) is 0 Å². The number of thioether (sulfide) groups is 1. The second-order valence-electron chi connectivity index (χ2n) is 3.88. The average molecular weight is 256 g/mol. The molecule has 2 aromatic rings.